The van der Waals surface area contributed by atoms with Crippen LogP contribution in [0.15, 0.2) is 45.5 Å². The van der Waals surface area contributed by atoms with Crippen LogP contribution in [0.25, 0.3) is 0 Å². The third kappa shape index (κ3) is 3.24. The maximum Gasteiger partial charge on any atom is 0.169 e. The lowest BCUT2D eigenvalue weighted by Gasteiger charge is -2.03. The summed E-state index contributed by atoms with van der Waals surface area (Å²) in [6, 6.07) is 11.6. The van der Waals surface area contributed by atoms with Gasteiger partial charge in [0.25, 0.3) is 0 Å². The molecule has 1 heterocycles. The van der Waals surface area contributed by atoms with Gasteiger partial charge in [-0.05, 0) is 68.9 Å². The number of rotatable bonds is 3. The van der Waals surface area contributed by atoms with E-state index in [0.717, 1.165) is 19.7 Å². The Hall–Kier alpha value is -0.490. The topological polar surface area (TPSA) is 22.4 Å². The fraction of sp³-hybridized carbons (Fsp3) is 0.0909. The Bertz CT molecular complexity index is 453. The number of benzene rings is 1. The van der Waals surface area contributed by atoms with E-state index < -0.39 is 0 Å². The van der Waals surface area contributed by atoms with Crippen molar-refractivity contribution in [3.8, 4) is 5.75 Å². The molecule has 0 N–H and O–H groups in total. The van der Waals surface area contributed by atoms with Crippen molar-refractivity contribution in [2.24, 2.45) is 0 Å². The average Bonchev–Trinajstić information content (AvgIpc) is 2.62. The van der Waals surface area contributed by atoms with Gasteiger partial charge in [0, 0.05) is 3.57 Å². The number of hydrogen-bond donors (Lipinski definition) is 0. The molecular weight excluding hydrogens is 371 g/mol. The molecule has 0 fully saturated rings. The maximum absolute atomic E-state index is 5.57. The zero-order valence-electron chi connectivity index (χ0n) is 7.74. The molecule has 0 spiro atoms. The van der Waals surface area contributed by atoms with Crippen LogP contribution in [0.4, 0.5) is 0 Å². The molecule has 2 rings (SSSR count). The highest BCUT2D eigenvalue weighted by Crippen LogP contribution is 2.18. The second-order valence-corrected chi connectivity index (χ2v) is 4.98. The molecule has 0 radical (unpaired) electrons. The van der Waals surface area contributed by atoms with Crippen molar-refractivity contribution in [1.82, 2.24) is 0 Å². The summed E-state index contributed by atoms with van der Waals surface area (Å²) in [5.41, 5.74) is 0. The molecule has 15 heavy (non-hydrogen) atoms. The summed E-state index contributed by atoms with van der Waals surface area (Å²) in [5, 5.41) is 0. The molecule has 0 amide bonds. The Labute approximate surface area is 110 Å². The summed E-state index contributed by atoms with van der Waals surface area (Å²) >= 11 is 5.50. The fourth-order valence-corrected chi connectivity index (χ4v) is 2.00. The molecule has 4 heteroatoms. The first-order chi connectivity index (χ1) is 7.24. The van der Waals surface area contributed by atoms with Gasteiger partial charge in [0.05, 0.1) is 0 Å². The summed E-state index contributed by atoms with van der Waals surface area (Å²) in [5.74, 6) is 1.66. The van der Waals surface area contributed by atoms with Crippen molar-refractivity contribution in [2.45, 2.75) is 6.61 Å². The van der Waals surface area contributed by atoms with Gasteiger partial charge < -0.3 is 9.15 Å². The largest absolute Gasteiger partial charge is 0.486 e. The molecule has 0 bridgehead atoms. The highest BCUT2D eigenvalue weighted by Gasteiger charge is 2.00. The van der Waals surface area contributed by atoms with Crippen LogP contribution in [-0.4, -0.2) is 0 Å². The summed E-state index contributed by atoms with van der Waals surface area (Å²) in [6.45, 7) is 0.450. The van der Waals surface area contributed by atoms with Crippen molar-refractivity contribution < 1.29 is 9.15 Å². The molecule has 2 nitrogen and oxygen atoms in total. The summed E-state index contributed by atoms with van der Waals surface area (Å²) < 4.78 is 12.8. The molecule has 0 aliphatic carbocycles. The van der Waals surface area contributed by atoms with Crippen molar-refractivity contribution in [3.63, 3.8) is 0 Å². The van der Waals surface area contributed by atoms with E-state index in [-0.39, 0.29) is 0 Å². The summed E-state index contributed by atoms with van der Waals surface area (Å²) in [4.78, 5) is 0. The highest BCUT2D eigenvalue weighted by molar-refractivity contribution is 14.1. The third-order valence-corrected chi connectivity index (χ3v) is 2.90. The van der Waals surface area contributed by atoms with Crippen LogP contribution in [0.3, 0.4) is 0 Å². The van der Waals surface area contributed by atoms with Crippen molar-refractivity contribution >= 4 is 38.5 Å². The van der Waals surface area contributed by atoms with E-state index in [4.69, 9.17) is 9.15 Å². The Morgan fingerprint density at radius 1 is 1.27 bits per heavy atom. The van der Waals surface area contributed by atoms with Crippen LogP contribution in [0.2, 0.25) is 0 Å². The SMILES string of the molecule is Brc1ccc(COc2cccc(I)c2)o1. The van der Waals surface area contributed by atoms with Gasteiger partial charge in [-0.1, -0.05) is 6.07 Å². The molecule has 0 unspecified atom stereocenters. The average molecular weight is 379 g/mol. The molecule has 2 aromatic rings. The highest BCUT2D eigenvalue weighted by atomic mass is 127. The monoisotopic (exact) mass is 378 g/mol. The molecule has 0 aliphatic rings. The number of halogens is 2. The fourth-order valence-electron chi connectivity index (χ4n) is 1.14. The molecule has 0 aliphatic heterocycles. The molecule has 78 valence electrons. The van der Waals surface area contributed by atoms with Crippen LogP contribution in [0.1, 0.15) is 5.76 Å². The van der Waals surface area contributed by atoms with Crippen molar-refractivity contribution in [2.75, 3.05) is 0 Å². The van der Waals surface area contributed by atoms with Crippen LogP contribution in [0, 0.1) is 3.57 Å². The quantitative estimate of drug-likeness (QED) is 0.746. The third-order valence-electron chi connectivity index (χ3n) is 1.81. The summed E-state index contributed by atoms with van der Waals surface area (Å²) in [7, 11) is 0. The smallest absolute Gasteiger partial charge is 0.169 e. The normalized spacial score (nSPS) is 10.3. The van der Waals surface area contributed by atoms with Gasteiger partial charge in [-0.25, -0.2) is 0 Å². The van der Waals surface area contributed by atoms with Gasteiger partial charge in [0.2, 0.25) is 0 Å². The Kier molecular flexibility index (Phi) is 3.69. The lowest BCUT2D eigenvalue weighted by atomic mass is 10.3. The standard InChI is InChI=1S/C11H8BrIO2/c12-11-5-4-10(15-11)7-14-9-3-1-2-8(13)6-9/h1-6H,7H2. The van der Waals surface area contributed by atoms with Crippen LogP contribution < -0.4 is 4.74 Å². The van der Waals surface area contributed by atoms with E-state index in [1.165, 1.54) is 0 Å². The minimum atomic E-state index is 0.450. The molecule has 1 aromatic carbocycles. The zero-order valence-corrected chi connectivity index (χ0v) is 11.5. The Morgan fingerprint density at radius 2 is 2.13 bits per heavy atom. The minimum Gasteiger partial charge on any atom is -0.486 e. The molecule has 0 saturated heterocycles. The molecule has 0 saturated carbocycles. The molecular formula is C11H8BrIO2. The predicted octanol–water partition coefficient (Wildman–Crippen LogP) is 4.23. The number of ether oxygens (including phenoxy) is 1. The minimum absolute atomic E-state index is 0.450. The molecule has 0 atom stereocenters. The molecule has 1 aromatic heterocycles. The first kappa shape index (κ1) is 11.0. The maximum atomic E-state index is 5.57. The number of furan rings is 1. The van der Waals surface area contributed by atoms with Gasteiger partial charge in [-0.15, -0.1) is 0 Å². The first-order valence-corrected chi connectivity index (χ1v) is 6.24. The van der Waals surface area contributed by atoms with E-state index in [2.05, 4.69) is 38.5 Å². The van der Waals surface area contributed by atoms with Gasteiger partial charge in [-0.3, -0.25) is 0 Å². The first-order valence-electron chi connectivity index (χ1n) is 4.36. The van der Waals surface area contributed by atoms with E-state index in [9.17, 15) is 0 Å². The van der Waals surface area contributed by atoms with Crippen molar-refractivity contribution in [3.05, 3.63) is 50.4 Å². The second-order valence-electron chi connectivity index (χ2n) is 2.95. The summed E-state index contributed by atoms with van der Waals surface area (Å²) in [6.07, 6.45) is 0. The van der Waals surface area contributed by atoms with Gasteiger partial charge in [-0.2, -0.15) is 0 Å². The Balaban J connectivity index is 1.99. The lowest BCUT2D eigenvalue weighted by Crippen LogP contribution is -1.93. The van der Waals surface area contributed by atoms with E-state index >= 15 is 0 Å². The zero-order chi connectivity index (χ0) is 10.7. The van der Waals surface area contributed by atoms with Crippen LogP contribution in [0.5, 0.6) is 5.75 Å². The lowest BCUT2D eigenvalue weighted by molar-refractivity contribution is 0.267. The van der Waals surface area contributed by atoms with E-state index in [0.29, 0.717) is 6.61 Å². The van der Waals surface area contributed by atoms with Gasteiger partial charge in [0.1, 0.15) is 18.1 Å². The van der Waals surface area contributed by atoms with E-state index in [1.807, 2.05) is 36.4 Å². The van der Waals surface area contributed by atoms with Crippen molar-refractivity contribution in [1.29, 1.82) is 0 Å². The number of hydrogen-bond acceptors (Lipinski definition) is 2. The Morgan fingerprint density at radius 3 is 2.80 bits per heavy atom. The van der Waals surface area contributed by atoms with Crippen LogP contribution >= 0.6 is 38.5 Å². The van der Waals surface area contributed by atoms with Gasteiger partial charge in [0.15, 0.2) is 4.67 Å². The predicted molar refractivity (Wildman–Crippen MR) is 69.9 cm³/mol. The van der Waals surface area contributed by atoms with Crippen LogP contribution in [-0.2, 0) is 6.61 Å². The van der Waals surface area contributed by atoms with E-state index in [1.54, 1.807) is 0 Å². The second kappa shape index (κ2) is 5.03. The van der Waals surface area contributed by atoms with Gasteiger partial charge >= 0.3 is 0 Å².